The molecule has 1 aromatic rings. The Morgan fingerprint density at radius 1 is 1.45 bits per heavy atom. The molecule has 0 radical (unpaired) electrons. The Morgan fingerprint density at radius 3 is 3.10 bits per heavy atom. The Kier molecular flexibility index (Phi) is 6.21. The highest BCUT2D eigenvalue weighted by atomic mass is 16.5. The first kappa shape index (κ1) is 15.2. The molecule has 1 fully saturated rings. The molecule has 0 spiro atoms. The van der Waals surface area contributed by atoms with E-state index >= 15 is 0 Å². The maximum absolute atomic E-state index is 5.74. The lowest BCUT2D eigenvalue weighted by Crippen LogP contribution is -2.26. The molecule has 0 saturated carbocycles. The average Bonchev–Trinajstić information content (AvgIpc) is 2.85. The van der Waals surface area contributed by atoms with Gasteiger partial charge in [-0.2, -0.15) is 0 Å². The van der Waals surface area contributed by atoms with Crippen LogP contribution in [0.15, 0.2) is 12.4 Å². The SMILES string of the molecule is CCCNCc1cncc(OCCC2CCCN2C)n1. The van der Waals surface area contributed by atoms with E-state index in [0.717, 1.165) is 38.2 Å². The second-order valence-electron chi connectivity index (χ2n) is 5.44. The lowest BCUT2D eigenvalue weighted by Gasteiger charge is -2.19. The average molecular weight is 278 g/mol. The van der Waals surface area contributed by atoms with Crippen LogP contribution in [0.1, 0.15) is 38.3 Å². The molecule has 0 amide bonds. The Morgan fingerprint density at radius 2 is 2.35 bits per heavy atom. The van der Waals surface area contributed by atoms with Gasteiger partial charge in [-0.05, 0) is 45.8 Å². The van der Waals surface area contributed by atoms with Gasteiger partial charge in [0.15, 0.2) is 0 Å². The molecular weight excluding hydrogens is 252 g/mol. The molecule has 2 heterocycles. The molecule has 1 unspecified atom stereocenters. The number of likely N-dealkylation sites (tertiary alicyclic amines) is 1. The summed E-state index contributed by atoms with van der Waals surface area (Å²) in [5.74, 6) is 0.640. The second kappa shape index (κ2) is 8.17. The zero-order chi connectivity index (χ0) is 14.2. The number of hydrogen-bond acceptors (Lipinski definition) is 5. The lowest BCUT2D eigenvalue weighted by atomic mass is 10.1. The molecule has 1 saturated heterocycles. The van der Waals surface area contributed by atoms with E-state index in [2.05, 4.69) is 34.2 Å². The molecular formula is C15H26N4O. The van der Waals surface area contributed by atoms with Crippen molar-refractivity contribution in [3.8, 4) is 5.88 Å². The molecule has 0 aliphatic carbocycles. The van der Waals surface area contributed by atoms with Crippen molar-refractivity contribution in [1.82, 2.24) is 20.2 Å². The van der Waals surface area contributed by atoms with Crippen LogP contribution in [0.5, 0.6) is 5.88 Å². The van der Waals surface area contributed by atoms with Crippen molar-refractivity contribution < 1.29 is 4.74 Å². The summed E-state index contributed by atoms with van der Waals surface area (Å²) in [4.78, 5) is 11.1. The number of hydrogen-bond donors (Lipinski definition) is 1. The van der Waals surface area contributed by atoms with Crippen LogP contribution in [0, 0.1) is 0 Å². The lowest BCUT2D eigenvalue weighted by molar-refractivity contribution is 0.227. The van der Waals surface area contributed by atoms with Gasteiger partial charge in [0.2, 0.25) is 5.88 Å². The van der Waals surface area contributed by atoms with Gasteiger partial charge in [-0.25, -0.2) is 4.98 Å². The molecule has 1 aliphatic heterocycles. The van der Waals surface area contributed by atoms with E-state index in [9.17, 15) is 0 Å². The van der Waals surface area contributed by atoms with E-state index in [-0.39, 0.29) is 0 Å². The van der Waals surface area contributed by atoms with Gasteiger partial charge < -0.3 is 15.0 Å². The van der Waals surface area contributed by atoms with Crippen molar-refractivity contribution in [3.05, 3.63) is 18.1 Å². The highest BCUT2D eigenvalue weighted by Crippen LogP contribution is 2.18. The summed E-state index contributed by atoms with van der Waals surface area (Å²) in [6, 6.07) is 0.664. The van der Waals surface area contributed by atoms with Gasteiger partial charge in [0.1, 0.15) is 0 Å². The minimum Gasteiger partial charge on any atom is -0.477 e. The third kappa shape index (κ3) is 4.72. The summed E-state index contributed by atoms with van der Waals surface area (Å²) in [6.07, 6.45) is 8.27. The van der Waals surface area contributed by atoms with E-state index in [4.69, 9.17) is 4.74 Å². The molecule has 2 rings (SSSR count). The van der Waals surface area contributed by atoms with Crippen LogP contribution in [0.4, 0.5) is 0 Å². The minimum atomic E-state index is 0.640. The van der Waals surface area contributed by atoms with Crippen molar-refractivity contribution in [3.63, 3.8) is 0 Å². The van der Waals surface area contributed by atoms with E-state index < -0.39 is 0 Å². The Balaban J connectivity index is 1.73. The third-order valence-corrected chi connectivity index (χ3v) is 3.77. The van der Waals surface area contributed by atoms with E-state index in [1.54, 1.807) is 12.4 Å². The zero-order valence-corrected chi connectivity index (χ0v) is 12.6. The number of nitrogens with zero attached hydrogens (tertiary/aromatic N) is 3. The van der Waals surface area contributed by atoms with Crippen molar-refractivity contribution >= 4 is 0 Å². The van der Waals surface area contributed by atoms with Crippen LogP contribution in [0.2, 0.25) is 0 Å². The summed E-state index contributed by atoms with van der Waals surface area (Å²) >= 11 is 0. The Bertz CT molecular complexity index is 399. The normalized spacial score (nSPS) is 19.4. The monoisotopic (exact) mass is 278 g/mol. The van der Waals surface area contributed by atoms with Gasteiger partial charge in [0.05, 0.1) is 18.5 Å². The molecule has 20 heavy (non-hydrogen) atoms. The Hall–Kier alpha value is -1.20. The van der Waals surface area contributed by atoms with Crippen molar-refractivity contribution in [2.45, 2.75) is 45.2 Å². The molecule has 0 aromatic carbocycles. The summed E-state index contributed by atoms with van der Waals surface area (Å²) in [5, 5.41) is 3.32. The van der Waals surface area contributed by atoms with Gasteiger partial charge in [-0.1, -0.05) is 6.92 Å². The first-order valence-corrected chi connectivity index (χ1v) is 7.64. The van der Waals surface area contributed by atoms with Crippen LogP contribution < -0.4 is 10.1 Å². The smallest absolute Gasteiger partial charge is 0.232 e. The van der Waals surface area contributed by atoms with Gasteiger partial charge in [-0.3, -0.25) is 4.98 Å². The van der Waals surface area contributed by atoms with E-state index in [1.807, 2.05) is 0 Å². The summed E-state index contributed by atoms with van der Waals surface area (Å²) in [7, 11) is 2.19. The summed E-state index contributed by atoms with van der Waals surface area (Å²) < 4.78 is 5.74. The predicted molar refractivity (Wildman–Crippen MR) is 79.8 cm³/mol. The first-order chi connectivity index (χ1) is 9.79. The van der Waals surface area contributed by atoms with Gasteiger partial charge >= 0.3 is 0 Å². The molecule has 1 atom stereocenters. The molecule has 1 N–H and O–H groups in total. The number of rotatable bonds is 8. The van der Waals surface area contributed by atoms with Crippen LogP contribution in [-0.4, -0.2) is 47.7 Å². The number of aromatic nitrogens is 2. The number of ether oxygens (including phenoxy) is 1. The fourth-order valence-corrected chi connectivity index (χ4v) is 2.58. The zero-order valence-electron chi connectivity index (χ0n) is 12.6. The highest BCUT2D eigenvalue weighted by molar-refractivity contribution is 5.08. The van der Waals surface area contributed by atoms with Crippen LogP contribution in [-0.2, 0) is 6.54 Å². The van der Waals surface area contributed by atoms with E-state index in [0.29, 0.717) is 11.9 Å². The van der Waals surface area contributed by atoms with Crippen LogP contribution in [0.25, 0.3) is 0 Å². The standard InChI is InChI=1S/C15H26N4O/c1-3-7-16-10-13-11-17-12-15(18-13)20-9-6-14-5-4-8-19(14)2/h11-12,14,16H,3-10H2,1-2H3. The summed E-state index contributed by atoms with van der Waals surface area (Å²) in [6.45, 7) is 5.83. The van der Waals surface area contributed by atoms with Crippen molar-refractivity contribution in [2.75, 3.05) is 26.7 Å². The maximum atomic E-state index is 5.74. The maximum Gasteiger partial charge on any atom is 0.232 e. The number of nitrogens with one attached hydrogen (secondary N) is 1. The molecule has 1 aliphatic rings. The van der Waals surface area contributed by atoms with E-state index in [1.165, 1.54) is 19.4 Å². The quantitative estimate of drug-likeness (QED) is 0.735. The van der Waals surface area contributed by atoms with Gasteiger partial charge in [0, 0.05) is 18.8 Å². The Labute approximate surface area is 121 Å². The largest absolute Gasteiger partial charge is 0.477 e. The molecule has 112 valence electrons. The van der Waals surface area contributed by atoms with Crippen molar-refractivity contribution in [1.29, 1.82) is 0 Å². The topological polar surface area (TPSA) is 50.3 Å². The summed E-state index contributed by atoms with van der Waals surface area (Å²) in [5.41, 5.74) is 0.939. The molecule has 1 aromatic heterocycles. The predicted octanol–water partition coefficient (Wildman–Crippen LogP) is 1.84. The van der Waals surface area contributed by atoms with Crippen LogP contribution >= 0.6 is 0 Å². The van der Waals surface area contributed by atoms with Crippen LogP contribution in [0.3, 0.4) is 0 Å². The molecule has 0 bridgehead atoms. The van der Waals surface area contributed by atoms with Crippen molar-refractivity contribution in [2.24, 2.45) is 0 Å². The fraction of sp³-hybridized carbons (Fsp3) is 0.733. The van der Waals surface area contributed by atoms with Gasteiger partial charge in [0.25, 0.3) is 0 Å². The highest BCUT2D eigenvalue weighted by Gasteiger charge is 2.20. The molecule has 5 heteroatoms. The van der Waals surface area contributed by atoms with Gasteiger partial charge in [-0.15, -0.1) is 0 Å². The third-order valence-electron chi connectivity index (χ3n) is 3.77. The second-order valence-corrected chi connectivity index (χ2v) is 5.44. The minimum absolute atomic E-state index is 0.640. The fourth-order valence-electron chi connectivity index (χ4n) is 2.58. The molecule has 5 nitrogen and oxygen atoms in total. The first-order valence-electron chi connectivity index (χ1n) is 7.64.